The molecule has 28 heavy (non-hydrogen) atoms. The van der Waals surface area contributed by atoms with E-state index in [2.05, 4.69) is 0 Å². The summed E-state index contributed by atoms with van der Waals surface area (Å²) in [5.74, 6) is 0.499. The summed E-state index contributed by atoms with van der Waals surface area (Å²) in [7, 11) is 1.58. The van der Waals surface area contributed by atoms with Crippen LogP contribution in [-0.4, -0.2) is 35.7 Å². The molecule has 3 rings (SSSR count). The van der Waals surface area contributed by atoms with Crippen LogP contribution in [0.5, 0.6) is 11.5 Å². The zero-order chi connectivity index (χ0) is 20.3. The number of benzene rings is 2. The maximum Gasteiger partial charge on any atom is 0.251 e. The fourth-order valence-corrected chi connectivity index (χ4v) is 3.68. The van der Waals surface area contributed by atoms with Crippen LogP contribution in [0.2, 0.25) is 5.02 Å². The van der Waals surface area contributed by atoms with E-state index in [1.165, 1.54) is 12.1 Å². The molecule has 1 N–H and O–H groups in total. The first-order valence-corrected chi connectivity index (χ1v) is 9.51. The molecule has 1 aliphatic heterocycles. The Kier molecular flexibility index (Phi) is 6.42. The predicted octanol–water partition coefficient (Wildman–Crippen LogP) is 4.11. The summed E-state index contributed by atoms with van der Waals surface area (Å²) >= 11 is 6.30. The molecule has 2 aromatic rings. The van der Waals surface area contributed by atoms with Crippen LogP contribution in [0.1, 0.15) is 36.9 Å². The van der Waals surface area contributed by atoms with E-state index < -0.39 is 18.0 Å². The van der Waals surface area contributed by atoms with Gasteiger partial charge in [0.25, 0.3) is 5.91 Å². The summed E-state index contributed by atoms with van der Waals surface area (Å²) in [5.41, 5.74) is 1.18. The summed E-state index contributed by atoms with van der Waals surface area (Å²) in [6, 6.07) is 9.26. The topological polar surface area (TPSA) is 59.0 Å². The van der Waals surface area contributed by atoms with E-state index >= 15 is 0 Å². The minimum Gasteiger partial charge on any atom is -0.497 e. The fourth-order valence-electron chi connectivity index (χ4n) is 3.41. The molecule has 1 saturated heterocycles. The molecule has 0 aliphatic carbocycles. The summed E-state index contributed by atoms with van der Waals surface area (Å²) in [6.07, 6.45) is 0.122. The van der Waals surface area contributed by atoms with Gasteiger partial charge in [-0.25, -0.2) is 4.39 Å². The van der Waals surface area contributed by atoms with Crippen molar-refractivity contribution in [2.75, 3.05) is 13.7 Å². The standard InChI is InChI=1S/C21H23ClFNO4/c1-13(24-9-3-4-20(25)21(24)26)17-10-14(23)11-19(22)18(17)12-28-16-7-5-15(27-2)6-8-16/h5-8,10-11,13,20,25H,3-4,9,12H2,1-2H3/t13?,20-/m1/s1. The highest BCUT2D eigenvalue weighted by Gasteiger charge is 2.32. The summed E-state index contributed by atoms with van der Waals surface area (Å²) in [5, 5.41) is 10.1. The van der Waals surface area contributed by atoms with E-state index in [-0.39, 0.29) is 17.5 Å². The zero-order valence-corrected chi connectivity index (χ0v) is 16.6. The second kappa shape index (κ2) is 8.80. The van der Waals surface area contributed by atoms with E-state index in [1.54, 1.807) is 43.2 Å². The molecule has 1 unspecified atom stereocenters. The van der Waals surface area contributed by atoms with Crippen molar-refractivity contribution >= 4 is 17.5 Å². The third-order valence-electron chi connectivity index (χ3n) is 5.00. The number of amides is 1. The SMILES string of the molecule is COc1ccc(OCc2c(Cl)cc(F)cc2C(C)N2CCC[C@@H](O)C2=O)cc1. The Morgan fingerprint density at radius 2 is 1.96 bits per heavy atom. The highest BCUT2D eigenvalue weighted by atomic mass is 35.5. The molecule has 0 spiro atoms. The lowest BCUT2D eigenvalue weighted by Crippen LogP contribution is -2.45. The van der Waals surface area contributed by atoms with Gasteiger partial charge in [-0.1, -0.05) is 11.6 Å². The number of rotatable bonds is 6. The lowest BCUT2D eigenvalue weighted by Gasteiger charge is -2.36. The fraction of sp³-hybridized carbons (Fsp3) is 0.381. The van der Waals surface area contributed by atoms with Crippen molar-refractivity contribution in [3.8, 4) is 11.5 Å². The maximum atomic E-state index is 14.1. The molecule has 5 nitrogen and oxygen atoms in total. The third-order valence-corrected chi connectivity index (χ3v) is 5.34. The van der Waals surface area contributed by atoms with E-state index in [1.807, 2.05) is 0 Å². The number of carbonyl (C=O) groups excluding carboxylic acids is 1. The number of piperidine rings is 1. The smallest absolute Gasteiger partial charge is 0.251 e. The Morgan fingerprint density at radius 1 is 1.29 bits per heavy atom. The van der Waals surface area contributed by atoms with Gasteiger partial charge in [0, 0.05) is 12.1 Å². The largest absolute Gasteiger partial charge is 0.497 e. The first kappa shape index (κ1) is 20.4. The number of ether oxygens (including phenoxy) is 2. The first-order valence-electron chi connectivity index (χ1n) is 9.14. The minimum absolute atomic E-state index is 0.121. The molecule has 1 amide bonds. The Labute approximate surface area is 168 Å². The number of hydrogen-bond acceptors (Lipinski definition) is 4. The lowest BCUT2D eigenvalue weighted by molar-refractivity contribution is -0.146. The van der Waals surface area contributed by atoms with Gasteiger partial charge in [-0.15, -0.1) is 0 Å². The monoisotopic (exact) mass is 407 g/mol. The van der Waals surface area contributed by atoms with E-state index in [0.717, 1.165) is 0 Å². The van der Waals surface area contributed by atoms with Crippen molar-refractivity contribution in [3.63, 3.8) is 0 Å². The molecule has 0 saturated carbocycles. The van der Waals surface area contributed by atoms with Gasteiger partial charge in [-0.2, -0.15) is 0 Å². The van der Waals surface area contributed by atoms with E-state index in [4.69, 9.17) is 21.1 Å². The van der Waals surface area contributed by atoms with Crippen LogP contribution >= 0.6 is 11.6 Å². The zero-order valence-electron chi connectivity index (χ0n) is 15.8. The molecular weight excluding hydrogens is 385 g/mol. The normalized spacial score (nSPS) is 18.1. The molecule has 0 radical (unpaired) electrons. The van der Waals surface area contributed by atoms with Gasteiger partial charge in [-0.05, 0) is 61.7 Å². The van der Waals surface area contributed by atoms with Gasteiger partial charge in [0.2, 0.25) is 0 Å². The van der Waals surface area contributed by atoms with Crippen LogP contribution in [0.15, 0.2) is 36.4 Å². The molecule has 1 heterocycles. The van der Waals surface area contributed by atoms with Gasteiger partial charge in [-0.3, -0.25) is 4.79 Å². The summed E-state index contributed by atoms with van der Waals surface area (Å²) < 4.78 is 25.0. The molecule has 2 atom stereocenters. The highest BCUT2D eigenvalue weighted by Crippen LogP contribution is 2.33. The third kappa shape index (κ3) is 4.39. The average molecular weight is 408 g/mol. The number of hydrogen-bond donors (Lipinski definition) is 1. The Bertz CT molecular complexity index is 843. The van der Waals surface area contributed by atoms with Crippen molar-refractivity contribution in [1.82, 2.24) is 4.90 Å². The molecular formula is C21H23ClFNO4. The van der Waals surface area contributed by atoms with Gasteiger partial charge < -0.3 is 19.5 Å². The number of aliphatic hydroxyl groups excluding tert-OH is 1. The minimum atomic E-state index is -1.01. The van der Waals surface area contributed by atoms with Gasteiger partial charge >= 0.3 is 0 Å². The van der Waals surface area contributed by atoms with Crippen LogP contribution in [0.3, 0.4) is 0 Å². The van der Waals surface area contributed by atoms with Crippen LogP contribution < -0.4 is 9.47 Å². The van der Waals surface area contributed by atoms with Crippen molar-refractivity contribution < 1.29 is 23.8 Å². The van der Waals surface area contributed by atoms with E-state index in [9.17, 15) is 14.3 Å². The molecule has 1 aliphatic rings. The Hall–Kier alpha value is -2.31. The second-order valence-corrected chi connectivity index (χ2v) is 7.19. The summed E-state index contributed by atoms with van der Waals surface area (Å²) in [6.45, 7) is 2.43. The van der Waals surface area contributed by atoms with Crippen LogP contribution in [0.4, 0.5) is 4.39 Å². The molecule has 2 aromatic carbocycles. The Balaban J connectivity index is 1.85. The number of aliphatic hydroxyl groups is 1. The maximum absolute atomic E-state index is 14.1. The number of halogens is 2. The molecule has 1 fully saturated rings. The van der Waals surface area contributed by atoms with Crippen molar-refractivity contribution in [2.24, 2.45) is 0 Å². The second-order valence-electron chi connectivity index (χ2n) is 6.79. The van der Waals surface area contributed by atoms with Crippen LogP contribution in [-0.2, 0) is 11.4 Å². The average Bonchev–Trinajstić information content (AvgIpc) is 2.69. The number of methoxy groups -OCH3 is 1. The summed E-state index contributed by atoms with van der Waals surface area (Å²) in [4.78, 5) is 13.9. The lowest BCUT2D eigenvalue weighted by atomic mass is 9.97. The van der Waals surface area contributed by atoms with Crippen molar-refractivity contribution in [1.29, 1.82) is 0 Å². The van der Waals surface area contributed by atoms with Gasteiger partial charge in [0.15, 0.2) is 0 Å². The van der Waals surface area contributed by atoms with Crippen LogP contribution in [0, 0.1) is 5.82 Å². The van der Waals surface area contributed by atoms with Crippen molar-refractivity contribution in [3.05, 3.63) is 58.4 Å². The predicted molar refractivity (Wildman–Crippen MR) is 104 cm³/mol. The van der Waals surface area contributed by atoms with Crippen molar-refractivity contribution in [2.45, 2.75) is 38.5 Å². The van der Waals surface area contributed by atoms with Gasteiger partial charge in [0.1, 0.15) is 30.0 Å². The molecule has 0 bridgehead atoms. The number of carbonyl (C=O) groups is 1. The van der Waals surface area contributed by atoms with Gasteiger partial charge in [0.05, 0.1) is 18.2 Å². The quantitative estimate of drug-likeness (QED) is 0.782. The van der Waals surface area contributed by atoms with Crippen LogP contribution in [0.25, 0.3) is 0 Å². The first-order chi connectivity index (χ1) is 13.4. The number of nitrogens with zero attached hydrogens (tertiary/aromatic N) is 1. The van der Waals surface area contributed by atoms with E-state index in [0.29, 0.717) is 42.0 Å². The molecule has 150 valence electrons. The molecule has 7 heteroatoms. The number of likely N-dealkylation sites (tertiary alicyclic amines) is 1. The molecule has 0 aromatic heterocycles. The highest BCUT2D eigenvalue weighted by molar-refractivity contribution is 6.31. The Morgan fingerprint density at radius 3 is 2.64 bits per heavy atom.